The van der Waals surface area contributed by atoms with Crippen molar-refractivity contribution in [2.45, 2.75) is 9.79 Å². The van der Waals surface area contributed by atoms with Gasteiger partial charge in [-0.1, -0.05) is 6.07 Å². The van der Waals surface area contributed by atoms with Crippen LogP contribution in [0.25, 0.3) is 0 Å². The summed E-state index contributed by atoms with van der Waals surface area (Å²) < 4.78 is 187. The fourth-order valence-corrected chi connectivity index (χ4v) is 5.08. The minimum absolute atomic E-state index is 0.479. The molecular weight excluding hydrogens is 562 g/mol. The number of anilines is 2. The maximum Gasteiger partial charge on any atom is 0.267 e. The van der Waals surface area contributed by atoms with Gasteiger partial charge in [-0.25, -0.2) is 60.7 Å². The van der Waals surface area contributed by atoms with E-state index in [-0.39, 0.29) is 0 Å². The lowest BCUT2D eigenvalue weighted by atomic mass is 10.3. The fraction of sp³-hybridized carbons (Fsp3) is 0. The van der Waals surface area contributed by atoms with E-state index in [4.69, 9.17) is 0 Å². The minimum atomic E-state index is -5.56. The Morgan fingerprint density at radius 2 is 0.694 bits per heavy atom. The Morgan fingerprint density at radius 1 is 0.444 bits per heavy atom. The van der Waals surface area contributed by atoms with Crippen molar-refractivity contribution < 1.29 is 60.7 Å². The summed E-state index contributed by atoms with van der Waals surface area (Å²) in [5, 5.41) is 0. The number of benzene rings is 3. The maximum atomic E-state index is 13.9. The molecule has 0 bridgehead atoms. The largest absolute Gasteiger partial charge is 0.279 e. The van der Waals surface area contributed by atoms with E-state index in [1.54, 1.807) is 0 Å². The van der Waals surface area contributed by atoms with Crippen molar-refractivity contribution in [3.63, 3.8) is 0 Å². The summed E-state index contributed by atoms with van der Waals surface area (Å²) >= 11 is 0. The molecule has 0 saturated carbocycles. The van der Waals surface area contributed by atoms with Crippen molar-refractivity contribution in [2.75, 3.05) is 9.44 Å². The van der Waals surface area contributed by atoms with Gasteiger partial charge in [-0.3, -0.25) is 9.44 Å². The third-order valence-corrected chi connectivity index (χ3v) is 7.04. The molecule has 6 nitrogen and oxygen atoms in total. The highest BCUT2D eigenvalue weighted by Gasteiger charge is 2.35. The molecule has 194 valence electrons. The van der Waals surface area contributed by atoms with Gasteiger partial charge in [0, 0.05) is 0 Å². The molecule has 3 rings (SSSR count). The van der Waals surface area contributed by atoms with E-state index in [1.807, 2.05) is 0 Å². The Morgan fingerprint density at radius 3 is 0.972 bits per heavy atom. The topological polar surface area (TPSA) is 92.3 Å². The van der Waals surface area contributed by atoms with Crippen LogP contribution in [0, 0.1) is 58.2 Å². The lowest BCUT2D eigenvalue weighted by molar-refractivity contribution is 0.358. The first-order valence-corrected chi connectivity index (χ1v) is 11.7. The number of rotatable bonds is 6. The molecule has 0 radical (unpaired) electrons. The van der Waals surface area contributed by atoms with E-state index in [2.05, 4.69) is 0 Å². The quantitative estimate of drug-likeness (QED) is 0.257. The molecular formula is C18H6F10N2O4S2. The fourth-order valence-electron chi connectivity index (χ4n) is 2.70. The predicted octanol–water partition coefficient (Wildman–Crippen LogP) is 4.68. The molecule has 0 unspecified atom stereocenters. The first-order chi connectivity index (χ1) is 16.5. The highest BCUT2D eigenvalue weighted by atomic mass is 32.2. The molecule has 0 heterocycles. The van der Waals surface area contributed by atoms with Gasteiger partial charge in [0.05, 0.1) is 11.4 Å². The highest BCUT2D eigenvalue weighted by Crippen LogP contribution is 2.31. The van der Waals surface area contributed by atoms with Gasteiger partial charge in [-0.2, -0.15) is 0 Å². The molecule has 3 aromatic carbocycles. The third kappa shape index (κ3) is 4.52. The average molecular weight is 568 g/mol. The van der Waals surface area contributed by atoms with Crippen LogP contribution in [0.5, 0.6) is 0 Å². The second kappa shape index (κ2) is 9.16. The number of nitrogens with one attached hydrogen (secondary N) is 2. The smallest absolute Gasteiger partial charge is 0.267 e. The molecule has 18 heteroatoms. The Kier molecular flexibility index (Phi) is 6.88. The summed E-state index contributed by atoms with van der Waals surface area (Å²) in [6, 6.07) is 2.86. The molecule has 0 amide bonds. The second-order valence-corrected chi connectivity index (χ2v) is 9.83. The highest BCUT2D eigenvalue weighted by molar-refractivity contribution is 7.93. The van der Waals surface area contributed by atoms with Gasteiger partial charge in [0.25, 0.3) is 20.0 Å². The minimum Gasteiger partial charge on any atom is -0.279 e. The monoisotopic (exact) mass is 568 g/mol. The van der Waals surface area contributed by atoms with E-state index in [0.29, 0.717) is 6.07 Å². The maximum absolute atomic E-state index is 13.9. The number of hydrogen-bond donors (Lipinski definition) is 2. The predicted molar refractivity (Wildman–Crippen MR) is 101 cm³/mol. The molecule has 0 saturated heterocycles. The zero-order valence-corrected chi connectivity index (χ0v) is 18.2. The summed E-state index contributed by atoms with van der Waals surface area (Å²) in [5.74, 6) is -26.5. The molecule has 3 aromatic rings. The van der Waals surface area contributed by atoms with Gasteiger partial charge < -0.3 is 0 Å². The van der Waals surface area contributed by atoms with Gasteiger partial charge in [-0.05, 0) is 18.2 Å². The first kappa shape index (κ1) is 27.1. The third-order valence-electron chi connectivity index (χ3n) is 4.24. The van der Waals surface area contributed by atoms with E-state index in [1.165, 1.54) is 9.44 Å². The number of halogens is 10. The Balaban J connectivity index is 2.01. The van der Waals surface area contributed by atoms with Crippen molar-refractivity contribution >= 4 is 31.4 Å². The van der Waals surface area contributed by atoms with Crippen LogP contribution in [0.3, 0.4) is 0 Å². The van der Waals surface area contributed by atoms with E-state index < -0.39 is 99.4 Å². The Bertz CT molecular complexity index is 1450. The second-order valence-electron chi connectivity index (χ2n) is 6.59. The Hall–Kier alpha value is -3.54. The zero-order valence-electron chi connectivity index (χ0n) is 16.5. The Labute approximate surface area is 194 Å². The van der Waals surface area contributed by atoms with Crippen LogP contribution in [-0.2, 0) is 20.0 Å². The summed E-state index contributed by atoms with van der Waals surface area (Å²) in [7, 11) is -11.1. The van der Waals surface area contributed by atoms with Crippen molar-refractivity contribution in [3.8, 4) is 0 Å². The molecule has 0 aliphatic heterocycles. The van der Waals surface area contributed by atoms with Gasteiger partial charge in [-0.15, -0.1) is 0 Å². The van der Waals surface area contributed by atoms with Crippen molar-refractivity contribution in [2.24, 2.45) is 0 Å². The van der Waals surface area contributed by atoms with Crippen LogP contribution in [0.2, 0.25) is 0 Å². The van der Waals surface area contributed by atoms with Gasteiger partial charge in [0.2, 0.25) is 11.6 Å². The summed E-state index contributed by atoms with van der Waals surface area (Å²) in [4.78, 5) is -4.57. The summed E-state index contributed by atoms with van der Waals surface area (Å²) in [5.41, 5.74) is -1.59. The molecule has 2 N–H and O–H groups in total. The first-order valence-electron chi connectivity index (χ1n) is 8.69. The van der Waals surface area contributed by atoms with E-state index >= 15 is 0 Å². The van der Waals surface area contributed by atoms with Crippen LogP contribution in [0.15, 0.2) is 34.1 Å². The summed E-state index contributed by atoms with van der Waals surface area (Å²) in [6.45, 7) is 0. The summed E-state index contributed by atoms with van der Waals surface area (Å²) in [6.07, 6.45) is 0. The van der Waals surface area contributed by atoms with Crippen LogP contribution < -0.4 is 9.44 Å². The molecule has 0 spiro atoms. The van der Waals surface area contributed by atoms with Crippen LogP contribution >= 0.6 is 0 Å². The molecule has 0 aliphatic rings. The molecule has 0 aromatic heterocycles. The van der Waals surface area contributed by atoms with Gasteiger partial charge >= 0.3 is 0 Å². The standard InChI is InChI=1S/C18H6F10N2O4S2/c19-7-9(21)13(25)17(14(26)10(7)22)35(31,32)29-5-2-1-3-6(4-5)30-36(33,34)18-15(27)11(23)8(20)12(24)16(18)28/h1-4,29-30H. The number of sulfonamides is 2. The van der Waals surface area contributed by atoms with Crippen LogP contribution in [0.4, 0.5) is 55.3 Å². The lowest BCUT2D eigenvalue weighted by Gasteiger charge is -2.14. The van der Waals surface area contributed by atoms with Crippen LogP contribution in [-0.4, -0.2) is 16.8 Å². The molecule has 0 atom stereocenters. The van der Waals surface area contributed by atoms with Crippen molar-refractivity contribution in [1.82, 2.24) is 0 Å². The molecule has 36 heavy (non-hydrogen) atoms. The van der Waals surface area contributed by atoms with Crippen molar-refractivity contribution in [3.05, 3.63) is 82.4 Å². The SMILES string of the molecule is O=S(=O)(Nc1cccc(NS(=O)(=O)c2c(F)c(F)c(F)c(F)c2F)c1)c1c(F)c(F)c(F)c(F)c1F. The van der Waals surface area contributed by atoms with Crippen LogP contribution in [0.1, 0.15) is 0 Å². The molecule has 0 aliphatic carbocycles. The zero-order chi connectivity index (χ0) is 27.3. The number of hydrogen-bond acceptors (Lipinski definition) is 4. The normalized spacial score (nSPS) is 12.1. The molecule has 0 fully saturated rings. The van der Waals surface area contributed by atoms with Crippen molar-refractivity contribution in [1.29, 1.82) is 0 Å². The average Bonchev–Trinajstić information content (AvgIpc) is 2.78. The van der Waals surface area contributed by atoms with E-state index in [9.17, 15) is 60.7 Å². The van der Waals surface area contributed by atoms with Gasteiger partial charge in [0.15, 0.2) is 56.3 Å². The lowest BCUT2D eigenvalue weighted by Crippen LogP contribution is -2.20. The van der Waals surface area contributed by atoms with Gasteiger partial charge in [0.1, 0.15) is 0 Å². The van der Waals surface area contributed by atoms with E-state index in [0.717, 1.165) is 18.2 Å².